The fourth-order valence-electron chi connectivity index (χ4n) is 1.43. The molecule has 0 fully saturated rings. The van der Waals surface area contributed by atoms with Gasteiger partial charge in [-0.3, -0.25) is 4.79 Å². The highest BCUT2D eigenvalue weighted by atomic mass is 79.9. The summed E-state index contributed by atoms with van der Waals surface area (Å²) < 4.78 is 0. The molecule has 0 aromatic heterocycles. The molecule has 0 spiro atoms. The smallest absolute Gasteiger partial charge is 0.230 e. The molecule has 1 aromatic carbocycles. The highest BCUT2D eigenvalue weighted by Gasteiger charge is 2.29. The van der Waals surface area contributed by atoms with E-state index in [9.17, 15) is 4.79 Å². The normalized spacial score (nSPS) is 13.2. The van der Waals surface area contributed by atoms with Crippen molar-refractivity contribution >= 4 is 21.8 Å². The Balaban J connectivity index is 2.82. The van der Waals surface area contributed by atoms with Crippen LogP contribution >= 0.6 is 15.9 Å². The molecule has 0 aliphatic carbocycles. The monoisotopic (exact) mass is 283 g/mol. The van der Waals surface area contributed by atoms with Gasteiger partial charge in [0.15, 0.2) is 0 Å². The van der Waals surface area contributed by atoms with Crippen molar-refractivity contribution < 1.29 is 4.79 Å². The predicted octanol–water partition coefficient (Wildman–Crippen LogP) is 2.86. The highest BCUT2D eigenvalue weighted by molar-refractivity contribution is 9.09. The number of benzene rings is 1. The number of carbonyl (C=O) groups is 1. The Morgan fingerprint density at radius 3 is 2.44 bits per heavy atom. The van der Waals surface area contributed by atoms with E-state index in [1.165, 1.54) is 0 Å². The van der Waals surface area contributed by atoms with Crippen LogP contribution in [0.1, 0.15) is 26.3 Å². The number of amides is 1. The van der Waals surface area contributed by atoms with Crippen molar-refractivity contribution in [2.45, 2.75) is 32.2 Å². The number of hydrogen-bond donors (Lipinski definition) is 1. The second-order valence-corrected chi connectivity index (χ2v) is 5.17. The minimum Gasteiger partial charge on any atom is -0.352 e. The molecule has 3 heteroatoms. The Labute approximate surface area is 106 Å². The van der Waals surface area contributed by atoms with Gasteiger partial charge >= 0.3 is 0 Å². The largest absolute Gasteiger partial charge is 0.352 e. The molecule has 1 aromatic rings. The second-order valence-electron chi connectivity index (χ2n) is 4.52. The van der Waals surface area contributed by atoms with E-state index in [-0.39, 0.29) is 11.9 Å². The summed E-state index contributed by atoms with van der Waals surface area (Å²) in [5, 5.41) is 3.75. The van der Waals surface area contributed by atoms with Gasteiger partial charge in [0.25, 0.3) is 0 Å². The van der Waals surface area contributed by atoms with E-state index in [2.05, 4.69) is 21.2 Å². The lowest BCUT2D eigenvalue weighted by atomic mass is 9.83. The molecule has 0 aliphatic rings. The third-order valence-electron chi connectivity index (χ3n) is 2.67. The van der Waals surface area contributed by atoms with Crippen LogP contribution in [-0.4, -0.2) is 17.3 Å². The average molecular weight is 284 g/mol. The van der Waals surface area contributed by atoms with Crippen LogP contribution in [0.2, 0.25) is 0 Å². The van der Waals surface area contributed by atoms with Crippen LogP contribution in [0, 0.1) is 0 Å². The van der Waals surface area contributed by atoms with Crippen LogP contribution in [0.5, 0.6) is 0 Å². The van der Waals surface area contributed by atoms with E-state index in [1.54, 1.807) is 0 Å². The van der Waals surface area contributed by atoms with Gasteiger partial charge in [-0.2, -0.15) is 0 Å². The maximum atomic E-state index is 12.1. The van der Waals surface area contributed by atoms with Crippen LogP contribution in [0.15, 0.2) is 30.3 Å². The number of hydrogen-bond acceptors (Lipinski definition) is 1. The first-order valence-electron chi connectivity index (χ1n) is 5.41. The van der Waals surface area contributed by atoms with Gasteiger partial charge in [-0.1, -0.05) is 46.3 Å². The zero-order valence-corrected chi connectivity index (χ0v) is 11.5. The van der Waals surface area contributed by atoms with E-state index in [0.29, 0.717) is 0 Å². The Bertz CT molecular complexity index is 348. The Kier molecular flexibility index (Phi) is 4.54. The maximum Gasteiger partial charge on any atom is 0.230 e. The van der Waals surface area contributed by atoms with Crippen LogP contribution in [0.25, 0.3) is 0 Å². The summed E-state index contributed by atoms with van der Waals surface area (Å²) in [4.78, 5) is 12.1. The van der Waals surface area contributed by atoms with Gasteiger partial charge < -0.3 is 5.32 Å². The molecule has 16 heavy (non-hydrogen) atoms. The van der Waals surface area contributed by atoms with Gasteiger partial charge in [0.05, 0.1) is 5.41 Å². The van der Waals surface area contributed by atoms with Crippen molar-refractivity contribution in [3.63, 3.8) is 0 Å². The first-order chi connectivity index (χ1) is 7.48. The van der Waals surface area contributed by atoms with Gasteiger partial charge in [0.1, 0.15) is 0 Å². The van der Waals surface area contributed by atoms with Crippen molar-refractivity contribution in [3.8, 4) is 0 Å². The zero-order chi connectivity index (χ0) is 12.2. The molecular weight excluding hydrogens is 266 g/mol. The molecule has 88 valence electrons. The lowest BCUT2D eigenvalue weighted by Gasteiger charge is -2.26. The molecule has 2 nitrogen and oxygen atoms in total. The molecule has 1 atom stereocenters. The number of rotatable bonds is 4. The van der Waals surface area contributed by atoms with E-state index in [0.717, 1.165) is 10.9 Å². The minimum absolute atomic E-state index is 0.0608. The quantitative estimate of drug-likeness (QED) is 0.846. The first kappa shape index (κ1) is 13.2. The number of halogens is 1. The third-order valence-corrected chi connectivity index (χ3v) is 3.64. The summed E-state index contributed by atoms with van der Waals surface area (Å²) in [5.41, 5.74) is 0.548. The van der Waals surface area contributed by atoms with Crippen molar-refractivity contribution in [1.29, 1.82) is 0 Å². The van der Waals surface area contributed by atoms with Crippen LogP contribution in [-0.2, 0) is 10.2 Å². The van der Waals surface area contributed by atoms with Crippen LogP contribution < -0.4 is 5.32 Å². The molecule has 0 heterocycles. The first-order valence-corrected chi connectivity index (χ1v) is 6.53. The van der Waals surface area contributed by atoms with Gasteiger partial charge in [-0.05, 0) is 26.3 Å². The van der Waals surface area contributed by atoms with Crippen molar-refractivity contribution in [2.24, 2.45) is 0 Å². The van der Waals surface area contributed by atoms with Gasteiger partial charge in [-0.25, -0.2) is 0 Å². The summed E-state index contributed by atoms with van der Waals surface area (Å²) in [6.07, 6.45) is 0. The fourth-order valence-corrected chi connectivity index (χ4v) is 1.59. The van der Waals surface area contributed by atoms with E-state index in [4.69, 9.17) is 0 Å². The summed E-state index contributed by atoms with van der Waals surface area (Å²) in [6, 6.07) is 9.99. The summed E-state index contributed by atoms with van der Waals surface area (Å²) in [6.45, 7) is 5.87. The molecular formula is C13H18BrNO. The summed E-state index contributed by atoms with van der Waals surface area (Å²) >= 11 is 3.35. The fraction of sp³-hybridized carbons (Fsp3) is 0.462. The number of carbonyl (C=O) groups excluding carboxylic acids is 1. The molecule has 1 unspecified atom stereocenters. The number of alkyl halides is 1. The maximum absolute atomic E-state index is 12.1. The van der Waals surface area contributed by atoms with Gasteiger partial charge in [0, 0.05) is 11.4 Å². The molecule has 0 saturated carbocycles. The molecule has 1 amide bonds. The molecule has 0 aliphatic heterocycles. The molecule has 0 radical (unpaired) electrons. The van der Waals surface area contributed by atoms with E-state index < -0.39 is 5.41 Å². The van der Waals surface area contributed by atoms with E-state index >= 15 is 0 Å². The topological polar surface area (TPSA) is 29.1 Å². The summed E-state index contributed by atoms with van der Waals surface area (Å²) in [7, 11) is 0. The lowest BCUT2D eigenvalue weighted by Crippen LogP contribution is -2.44. The predicted molar refractivity (Wildman–Crippen MR) is 70.9 cm³/mol. The average Bonchev–Trinajstić information content (AvgIpc) is 2.29. The minimum atomic E-state index is -0.488. The second kappa shape index (κ2) is 5.48. The third kappa shape index (κ3) is 3.08. The van der Waals surface area contributed by atoms with Crippen LogP contribution in [0.4, 0.5) is 0 Å². The van der Waals surface area contributed by atoms with Crippen molar-refractivity contribution in [2.75, 3.05) is 5.33 Å². The Morgan fingerprint density at radius 2 is 1.94 bits per heavy atom. The SMILES string of the molecule is CC(CBr)NC(=O)C(C)(C)c1ccccc1. The number of nitrogens with one attached hydrogen (secondary N) is 1. The van der Waals surface area contributed by atoms with E-state index in [1.807, 2.05) is 51.1 Å². The standard InChI is InChI=1S/C13H18BrNO/c1-10(9-14)15-12(16)13(2,3)11-7-5-4-6-8-11/h4-8,10H,9H2,1-3H3,(H,15,16). The van der Waals surface area contributed by atoms with Gasteiger partial charge in [-0.15, -0.1) is 0 Å². The Morgan fingerprint density at radius 1 is 1.38 bits per heavy atom. The lowest BCUT2D eigenvalue weighted by molar-refractivity contribution is -0.126. The highest BCUT2D eigenvalue weighted by Crippen LogP contribution is 2.23. The molecule has 0 saturated heterocycles. The molecule has 0 bridgehead atoms. The van der Waals surface area contributed by atoms with Gasteiger partial charge in [0.2, 0.25) is 5.91 Å². The molecule has 1 N–H and O–H groups in total. The Hall–Kier alpha value is -0.830. The molecule has 1 rings (SSSR count). The van der Waals surface area contributed by atoms with Crippen LogP contribution in [0.3, 0.4) is 0 Å². The van der Waals surface area contributed by atoms with Crippen molar-refractivity contribution in [1.82, 2.24) is 5.32 Å². The zero-order valence-electron chi connectivity index (χ0n) is 9.96. The van der Waals surface area contributed by atoms with Crippen molar-refractivity contribution in [3.05, 3.63) is 35.9 Å². The summed E-state index contributed by atoms with van der Waals surface area (Å²) in [5.74, 6) is 0.0608.